The zero-order valence-corrected chi connectivity index (χ0v) is 19.0. The molecule has 7 nitrogen and oxygen atoms in total. The Hall–Kier alpha value is -1.64. The smallest absolute Gasteiger partial charge is 0.456 e. The number of fused-ring (bicyclic) bond motifs is 1. The Labute approximate surface area is 184 Å². The Kier molecular flexibility index (Phi) is 5.61. The number of ether oxygens (including phenoxy) is 5. The van der Waals surface area contributed by atoms with Crippen molar-refractivity contribution < 1.29 is 33.3 Å². The summed E-state index contributed by atoms with van der Waals surface area (Å²) in [5.74, 6) is -0.369. The summed E-state index contributed by atoms with van der Waals surface area (Å²) in [5, 5.41) is 0. The molecule has 0 unspecified atom stereocenters. The Bertz CT molecular complexity index is 823. The SMILES string of the molecule is CC1(C)O[C@@H]2CC[C@@]3(COC(=O)O3)CO[C@@]2(C)CC[C@H]1OC(=O)c1ccc(Br)cc1. The van der Waals surface area contributed by atoms with Crippen molar-refractivity contribution in [3.63, 3.8) is 0 Å². The lowest BCUT2D eigenvalue weighted by molar-refractivity contribution is -0.183. The molecule has 3 heterocycles. The predicted octanol–water partition coefficient (Wildman–Crippen LogP) is 4.41. The molecule has 1 aromatic carbocycles. The van der Waals surface area contributed by atoms with E-state index in [0.717, 1.165) is 4.47 Å². The molecule has 1 aromatic rings. The number of halogens is 1. The molecule has 164 valence electrons. The van der Waals surface area contributed by atoms with E-state index in [4.69, 9.17) is 23.7 Å². The molecule has 0 radical (unpaired) electrons. The quantitative estimate of drug-likeness (QED) is 0.577. The molecule has 3 aliphatic rings. The number of carbonyl (C=O) groups excluding carboxylic acids is 2. The third-order valence-corrected chi connectivity index (χ3v) is 6.94. The van der Waals surface area contributed by atoms with E-state index >= 15 is 0 Å². The van der Waals surface area contributed by atoms with Crippen molar-refractivity contribution in [2.45, 2.75) is 75.5 Å². The molecule has 3 aliphatic heterocycles. The summed E-state index contributed by atoms with van der Waals surface area (Å²) in [4.78, 5) is 24.2. The van der Waals surface area contributed by atoms with Gasteiger partial charge in [0.1, 0.15) is 12.7 Å². The van der Waals surface area contributed by atoms with Crippen LogP contribution in [0.15, 0.2) is 28.7 Å². The van der Waals surface area contributed by atoms with E-state index in [9.17, 15) is 9.59 Å². The summed E-state index contributed by atoms with van der Waals surface area (Å²) >= 11 is 3.37. The zero-order chi connectivity index (χ0) is 21.6. The maximum absolute atomic E-state index is 12.7. The van der Waals surface area contributed by atoms with Crippen molar-refractivity contribution in [1.82, 2.24) is 0 Å². The summed E-state index contributed by atoms with van der Waals surface area (Å²) in [6.45, 7) is 6.36. The molecule has 0 saturated carbocycles. The fourth-order valence-electron chi connectivity index (χ4n) is 4.39. The molecule has 8 heteroatoms. The van der Waals surface area contributed by atoms with Crippen LogP contribution >= 0.6 is 15.9 Å². The molecular formula is C22H27BrO7. The van der Waals surface area contributed by atoms with E-state index in [-0.39, 0.29) is 25.3 Å². The highest BCUT2D eigenvalue weighted by atomic mass is 79.9. The van der Waals surface area contributed by atoms with Crippen LogP contribution in [0.4, 0.5) is 4.79 Å². The maximum Gasteiger partial charge on any atom is 0.509 e. The van der Waals surface area contributed by atoms with Crippen LogP contribution in [0.1, 0.15) is 56.8 Å². The second-order valence-corrected chi connectivity index (χ2v) is 10.0. The number of esters is 1. The topological polar surface area (TPSA) is 80.3 Å². The van der Waals surface area contributed by atoms with E-state index < -0.39 is 29.1 Å². The second-order valence-electron chi connectivity index (χ2n) is 9.11. The third-order valence-electron chi connectivity index (χ3n) is 6.41. The molecule has 0 N–H and O–H groups in total. The first-order chi connectivity index (χ1) is 14.1. The molecular weight excluding hydrogens is 456 g/mol. The summed E-state index contributed by atoms with van der Waals surface area (Å²) in [6.07, 6.45) is 1.23. The van der Waals surface area contributed by atoms with Crippen molar-refractivity contribution in [2.24, 2.45) is 0 Å². The number of carbonyl (C=O) groups is 2. The molecule has 0 aromatic heterocycles. The van der Waals surface area contributed by atoms with Gasteiger partial charge < -0.3 is 23.7 Å². The molecule has 30 heavy (non-hydrogen) atoms. The number of rotatable bonds is 2. The number of hydrogen-bond acceptors (Lipinski definition) is 7. The lowest BCUT2D eigenvalue weighted by atomic mass is 9.89. The van der Waals surface area contributed by atoms with Crippen molar-refractivity contribution >= 4 is 28.1 Å². The van der Waals surface area contributed by atoms with Crippen LogP contribution in [0.3, 0.4) is 0 Å². The Balaban J connectivity index is 1.48. The molecule has 4 atom stereocenters. The summed E-state index contributed by atoms with van der Waals surface area (Å²) in [6, 6.07) is 7.09. The first kappa shape index (κ1) is 21.6. The third kappa shape index (κ3) is 4.22. The van der Waals surface area contributed by atoms with E-state index in [1.807, 2.05) is 32.9 Å². The highest BCUT2D eigenvalue weighted by Gasteiger charge is 2.53. The lowest BCUT2D eigenvalue weighted by Crippen LogP contribution is -2.47. The fourth-order valence-corrected chi connectivity index (χ4v) is 4.65. The highest BCUT2D eigenvalue weighted by molar-refractivity contribution is 9.10. The van der Waals surface area contributed by atoms with Crippen molar-refractivity contribution in [1.29, 1.82) is 0 Å². The molecule has 3 saturated heterocycles. The van der Waals surface area contributed by atoms with Crippen molar-refractivity contribution in [3.8, 4) is 0 Å². The molecule has 4 rings (SSSR count). The van der Waals surface area contributed by atoms with Crippen LogP contribution in [0.2, 0.25) is 0 Å². The normalized spacial score (nSPS) is 35.5. The number of benzene rings is 1. The number of cyclic esters (lactones) is 1. The average molecular weight is 483 g/mol. The maximum atomic E-state index is 12.7. The summed E-state index contributed by atoms with van der Waals surface area (Å²) in [7, 11) is 0. The van der Waals surface area contributed by atoms with Gasteiger partial charge in [0, 0.05) is 4.47 Å². The fraction of sp³-hybridized carbons (Fsp3) is 0.636. The van der Waals surface area contributed by atoms with Gasteiger partial charge in [0.15, 0.2) is 5.60 Å². The molecule has 3 fully saturated rings. The first-order valence-corrected chi connectivity index (χ1v) is 11.0. The Morgan fingerprint density at radius 1 is 1.10 bits per heavy atom. The van der Waals surface area contributed by atoms with Gasteiger partial charge in [0.25, 0.3) is 0 Å². The predicted molar refractivity (Wildman–Crippen MR) is 110 cm³/mol. The standard InChI is InChI=1S/C22H27BrO7/c1-20(2)16(28-18(24)14-4-6-15(23)7-5-14)8-10-21(3)17(29-20)9-11-22(13-27-21)12-26-19(25)30-22/h4-7,16-17H,8-13H2,1-3H3/t16-,17-,21+,22-/m1/s1. The van der Waals surface area contributed by atoms with Gasteiger partial charge in [-0.15, -0.1) is 0 Å². The largest absolute Gasteiger partial charge is 0.509 e. The molecule has 0 aliphatic carbocycles. The highest BCUT2D eigenvalue weighted by Crippen LogP contribution is 2.43. The van der Waals surface area contributed by atoms with Crippen LogP contribution in [-0.4, -0.2) is 54.3 Å². The number of hydrogen-bond donors (Lipinski definition) is 0. The Morgan fingerprint density at radius 2 is 1.83 bits per heavy atom. The summed E-state index contributed by atoms with van der Waals surface area (Å²) in [5.41, 5.74) is -1.52. The van der Waals surface area contributed by atoms with E-state index in [1.54, 1.807) is 12.1 Å². The van der Waals surface area contributed by atoms with Gasteiger partial charge in [0.05, 0.1) is 29.5 Å². The minimum atomic E-state index is -0.743. The summed E-state index contributed by atoms with van der Waals surface area (Å²) < 4.78 is 30.0. The van der Waals surface area contributed by atoms with Crippen molar-refractivity contribution in [2.75, 3.05) is 13.2 Å². The lowest BCUT2D eigenvalue weighted by Gasteiger charge is -2.38. The van der Waals surface area contributed by atoms with Gasteiger partial charge in [-0.3, -0.25) is 0 Å². The first-order valence-electron chi connectivity index (χ1n) is 10.3. The minimum Gasteiger partial charge on any atom is -0.456 e. The van der Waals surface area contributed by atoms with E-state index in [1.165, 1.54) is 0 Å². The molecule has 0 bridgehead atoms. The van der Waals surface area contributed by atoms with Gasteiger partial charge in [-0.25, -0.2) is 9.59 Å². The second kappa shape index (κ2) is 7.80. The molecule has 0 amide bonds. The monoisotopic (exact) mass is 482 g/mol. The van der Waals surface area contributed by atoms with Crippen LogP contribution in [-0.2, 0) is 23.7 Å². The van der Waals surface area contributed by atoms with Crippen molar-refractivity contribution in [3.05, 3.63) is 34.3 Å². The van der Waals surface area contributed by atoms with Gasteiger partial charge >= 0.3 is 12.1 Å². The van der Waals surface area contributed by atoms with E-state index in [0.29, 0.717) is 31.2 Å². The minimum absolute atomic E-state index is 0.200. The van der Waals surface area contributed by atoms with Gasteiger partial charge in [-0.05, 0) is 70.7 Å². The van der Waals surface area contributed by atoms with Crippen LogP contribution in [0, 0.1) is 0 Å². The van der Waals surface area contributed by atoms with Crippen LogP contribution in [0.25, 0.3) is 0 Å². The van der Waals surface area contributed by atoms with Gasteiger partial charge in [0.2, 0.25) is 0 Å². The average Bonchev–Trinajstić information content (AvgIpc) is 2.97. The van der Waals surface area contributed by atoms with Crippen LogP contribution < -0.4 is 0 Å². The zero-order valence-electron chi connectivity index (χ0n) is 17.4. The molecule has 1 spiro atoms. The van der Waals surface area contributed by atoms with Gasteiger partial charge in [-0.2, -0.15) is 0 Å². The van der Waals surface area contributed by atoms with Crippen LogP contribution in [0.5, 0.6) is 0 Å². The van der Waals surface area contributed by atoms with Gasteiger partial charge in [-0.1, -0.05) is 15.9 Å². The van der Waals surface area contributed by atoms with E-state index in [2.05, 4.69) is 15.9 Å². The Morgan fingerprint density at radius 3 is 2.50 bits per heavy atom.